The molecule has 0 atom stereocenters. The molecule has 80 valence electrons. The maximum Gasteiger partial charge on any atom is 0.129 e. The predicted octanol–water partition coefficient (Wildman–Crippen LogP) is 4.36. The van der Waals surface area contributed by atoms with Crippen molar-refractivity contribution >= 4 is 29.0 Å². The van der Waals surface area contributed by atoms with Crippen LogP contribution in [-0.4, -0.2) is 11.1 Å². The first kappa shape index (κ1) is 15.7. The number of halogens is 2. The summed E-state index contributed by atoms with van der Waals surface area (Å²) in [5.74, 6) is 0.330. The molecule has 0 unspecified atom stereocenters. The van der Waals surface area contributed by atoms with Gasteiger partial charge in [0.1, 0.15) is 5.78 Å². The molecule has 0 bridgehead atoms. The molecule has 0 amide bonds. The topological polar surface area (TPSA) is 17.1 Å². The molecule has 0 rings (SSSR count). The Morgan fingerprint density at radius 2 is 1.54 bits per heavy atom. The van der Waals surface area contributed by atoms with E-state index in [4.69, 9.17) is 23.2 Å². The summed E-state index contributed by atoms with van der Waals surface area (Å²) in [7, 11) is 0. The van der Waals surface area contributed by atoms with E-state index in [2.05, 4.69) is 6.92 Å². The molecule has 0 aliphatic rings. The summed E-state index contributed by atoms with van der Waals surface area (Å²) < 4.78 is 0. The highest BCUT2D eigenvalue weighted by Gasteiger charge is 1.92. The summed E-state index contributed by atoms with van der Waals surface area (Å²) >= 11 is 9.53. The molecular weight excluding hydrogens is 207 g/mol. The highest BCUT2D eigenvalue weighted by Crippen LogP contribution is 2.04. The van der Waals surface area contributed by atoms with E-state index in [9.17, 15) is 4.79 Å². The van der Waals surface area contributed by atoms with Crippen LogP contribution in [0.25, 0.3) is 0 Å². The molecule has 0 aromatic rings. The first-order valence-corrected chi connectivity index (χ1v) is 5.87. The van der Waals surface area contributed by atoms with Crippen molar-refractivity contribution in [2.45, 2.75) is 52.4 Å². The highest BCUT2D eigenvalue weighted by atomic mass is 35.5. The van der Waals surface area contributed by atoms with Crippen LogP contribution >= 0.6 is 23.2 Å². The average Bonchev–Trinajstić information content (AvgIpc) is 2.05. The summed E-state index contributed by atoms with van der Waals surface area (Å²) in [6.45, 7) is 3.87. The highest BCUT2D eigenvalue weighted by molar-refractivity contribution is 6.40. The zero-order valence-electron chi connectivity index (χ0n) is 8.61. The van der Waals surface area contributed by atoms with Gasteiger partial charge in [-0.2, -0.15) is 0 Å². The molecule has 0 aliphatic heterocycles. The van der Waals surface area contributed by atoms with Gasteiger partial charge in [0.05, 0.1) is 5.34 Å². The number of hydrogen-bond acceptors (Lipinski definition) is 1. The van der Waals surface area contributed by atoms with Gasteiger partial charge in [0.25, 0.3) is 0 Å². The minimum atomic E-state index is 0.194. The molecule has 0 saturated carbocycles. The normalized spacial score (nSPS) is 8.92. The summed E-state index contributed by atoms with van der Waals surface area (Å²) in [5.41, 5.74) is 0. The van der Waals surface area contributed by atoms with Crippen molar-refractivity contribution in [1.82, 2.24) is 0 Å². The number of unbranched alkanes of at least 4 members (excludes halogenated alkanes) is 4. The third kappa shape index (κ3) is 24.5. The molecule has 0 aliphatic carbocycles. The minimum absolute atomic E-state index is 0.194. The third-order valence-corrected chi connectivity index (χ3v) is 1.63. The molecule has 0 radical (unpaired) electrons. The smallest absolute Gasteiger partial charge is 0.129 e. The lowest BCUT2D eigenvalue weighted by Gasteiger charge is -1.95. The van der Waals surface area contributed by atoms with Crippen LogP contribution in [0.4, 0.5) is 0 Å². The fourth-order valence-corrected chi connectivity index (χ4v) is 0.977. The Hall–Kier alpha value is 0.250. The van der Waals surface area contributed by atoms with Gasteiger partial charge in [0, 0.05) is 6.42 Å². The third-order valence-electron chi connectivity index (χ3n) is 1.63. The Balaban J connectivity index is 0. The van der Waals surface area contributed by atoms with Gasteiger partial charge < -0.3 is 4.79 Å². The minimum Gasteiger partial charge on any atom is -0.300 e. The largest absolute Gasteiger partial charge is 0.300 e. The lowest BCUT2D eigenvalue weighted by Crippen LogP contribution is -1.88. The summed E-state index contributed by atoms with van der Waals surface area (Å²) in [4.78, 5) is 10.5. The van der Waals surface area contributed by atoms with Gasteiger partial charge in [-0.3, -0.25) is 0 Å². The van der Waals surface area contributed by atoms with E-state index in [0.29, 0.717) is 5.78 Å². The number of hydrogen-bond donors (Lipinski definition) is 0. The fraction of sp³-hybridized carbons (Fsp3) is 0.900. The number of carbonyl (C=O) groups excluding carboxylic acids is 1. The molecule has 13 heavy (non-hydrogen) atoms. The summed E-state index contributed by atoms with van der Waals surface area (Å²) in [6.07, 6.45) is 6.99. The number of Topliss-reactive ketones (excluding diaryl/α,β-unsaturated/α-hetero) is 1. The second-order valence-corrected chi connectivity index (χ2v) is 3.78. The predicted molar refractivity (Wildman–Crippen MR) is 60.6 cm³/mol. The SMILES string of the molecule is CCCCCCCC(C)=O.ClCCl. The van der Waals surface area contributed by atoms with Crippen LogP contribution in [0.15, 0.2) is 0 Å². The van der Waals surface area contributed by atoms with E-state index in [1.54, 1.807) is 6.92 Å². The van der Waals surface area contributed by atoms with Gasteiger partial charge in [-0.1, -0.05) is 32.6 Å². The van der Waals surface area contributed by atoms with Crippen LogP contribution in [0.1, 0.15) is 52.4 Å². The summed E-state index contributed by atoms with van der Waals surface area (Å²) in [6, 6.07) is 0. The van der Waals surface area contributed by atoms with Crippen molar-refractivity contribution in [1.29, 1.82) is 0 Å². The van der Waals surface area contributed by atoms with E-state index in [-0.39, 0.29) is 5.34 Å². The second kappa shape index (κ2) is 14.8. The van der Waals surface area contributed by atoms with E-state index in [1.165, 1.54) is 25.7 Å². The molecule has 3 heteroatoms. The van der Waals surface area contributed by atoms with Gasteiger partial charge >= 0.3 is 0 Å². The first-order valence-electron chi connectivity index (χ1n) is 4.80. The Kier molecular flexibility index (Phi) is 17.8. The number of rotatable bonds is 6. The van der Waals surface area contributed by atoms with Crippen LogP contribution < -0.4 is 0 Å². The van der Waals surface area contributed by atoms with E-state index in [1.807, 2.05) is 0 Å². The first-order chi connectivity index (χ1) is 6.18. The lowest BCUT2D eigenvalue weighted by molar-refractivity contribution is -0.117. The van der Waals surface area contributed by atoms with Crippen molar-refractivity contribution in [3.63, 3.8) is 0 Å². The monoisotopic (exact) mass is 226 g/mol. The van der Waals surface area contributed by atoms with Crippen molar-refractivity contribution in [2.24, 2.45) is 0 Å². The fourth-order valence-electron chi connectivity index (χ4n) is 0.977. The molecule has 0 heterocycles. The van der Waals surface area contributed by atoms with Crippen LogP contribution in [0, 0.1) is 0 Å². The van der Waals surface area contributed by atoms with Gasteiger partial charge in [-0.05, 0) is 13.3 Å². The molecule has 0 fully saturated rings. The Morgan fingerprint density at radius 3 is 1.92 bits per heavy atom. The number of ketones is 1. The molecule has 1 nitrogen and oxygen atoms in total. The van der Waals surface area contributed by atoms with Crippen molar-refractivity contribution in [3.05, 3.63) is 0 Å². The summed E-state index contributed by atoms with van der Waals surface area (Å²) in [5, 5.41) is 0.194. The molecular formula is C10H20Cl2O. The zero-order chi connectivity index (χ0) is 10.5. The van der Waals surface area contributed by atoms with Crippen LogP contribution in [0.2, 0.25) is 0 Å². The van der Waals surface area contributed by atoms with Crippen molar-refractivity contribution < 1.29 is 4.79 Å². The van der Waals surface area contributed by atoms with Gasteiger partial charge in [-0.25, -0.2) is 0 Å². The van der Waals surface area contributed by atoms with E-state index in [0.717, 1.165) is 12.8 Å². The quantitative estimate of drug-likeness (QED) is 0.486. The standard InChI is InChI=1S/C9H18O.CH2Cl2/c1-3-4-5-6-7-8-9(2)10;2-1-3/h3-8H2,1-2H3;1H2. The van der Waals surface area contributed by atoms with Crippen LogP contribution in [-0.2, 0) is 4.79 Å². The maximum atomic E-state index is 10.5. The molecule has 0 N–H and O–H groups in total. The lowest BCUT2D eigenvalue weighted by atomic mass is 10.1. The molecule has 0 aromatic carbocycles. The van der Waals surface area contributed by atoms with E-state index >= 15 is 0 Å². The van der Waals surface area contributed by atoms with Crippen LogP contribution in [0.3, 0.4) is 0 Å². The van der Waals surface area contributed by atoms with E-state index < -0.39 is 0 Å². The maximum absolute atomic E-state index is 10.5. The van der Waals surface area contributed by atoms with Crippen LogP contribution in [0.5, 0.6) is 0 Å². The van der Waals surface area contributed by atoms with Crippen molar-refractivity contribution in [2.75, 3.05) is 5.34 Å². The number of carbonyl (C=O) groups is 1. The Bertz CT molecular complexity index is 105. The van der Waals surface area contributed by atoms with Gasteiger partial charge in [0.15, 0.2) is 0 Å². The van der Waals surface area contributed by atoms with Gasteiger partial charge in [0.2, 0.25) is 0 Å². The Labute approximate surface area is 91.8 Å². The molecule has 0 spiro atoms. The second-order valence-electron chi connectivity index (χ2n) is 2.97. The average molecular weight is 227 g/mol. The van der Waals surface area contributed by atoms with Gasteiger partial charge in [-0.15, -0.1) is 23.2 Å². The Morgan fingerprint density at radius 1 is 1.08 bits per heavy atom. The molecule has 0 saturated heterocycles. The van der Waals surface area contributed by atoms with Crippen molar-refractivity contribution in [3.8, 4) is 0 Å². The zero-order valence-corrected chi connectivity index (χ0v) is 10.1. The number of alkyl halides is 2. The molecule has 0 aromatic heterocycles.